The van der Waals surface area contributed by atoms with Gasteiger partial charge in [-0.05, 0) is 19.3 Å². The lowest BCUT2D eigenvalue weighted by molar-refractivity contribution is -0.145. The Morgan fingerprint density at radius 2 is 2.19 bits per heavy atom. The van der Waals surface area contributed by atoms with Crippen LogP contribution in [0.4, 0.5) is 0 Å². The molecule has 1 aliphatic carbocycles. The summed E-state index contributed by atoms with van der Waals surface area (Å²) in [7, 11) is 1.68. The molecule has 3 heterocycles. The second-order valence-electron chi connectivity index (χ2n) is 6.98. The SMILES string of the molecule is COC1(CC(=O)N2CCn3c(nc(Cn4cncn4)cc3=O)C2)CCC1. The highest BCUT2D eigenvalue weighted by Crippen LogP contribution is 2.38. The summed E-state index contributed by atoms with van der Waals surface area (Å²) >= 11 is 0. The number of aromatic nitrogens is 5. The van der Waals surface area contributed by atoms with Crippen molar-refractivity contribution in [2.45, 2.75) is 50.9 Å². The maximum atomic E-state index is 12.7. The molecule has 2 aromatic heterocycles. The van der Waals surface area contributed by atoms with Crippen molar-refractivity contribution >= 4 is 5.91 Å². The average Bonchev–Trinajstić information content (AvgIpc) is 3.10. The molecule has 9 nitrogen and oxygen atoms in total. The highest BCUT2D eigenvalue weighted by Gasteiger charge is 2.40. The van der Waals surface area contributed by atoms with Gasteiger partial charge in [0.15, 0.2) is 0 Å². The van der Waals surface area contributed by atoms with Crippen LogP contribution >= 0.6 is 0 Å². The number of ether oxygens (including phenoxy) is 1. The molecule has 0 N–H and O–H groups in total. The van der Waals surface area contributed by atoms with Crippen LogP contribution in [0.15, 0.2) is 23.5 Å². The summed E-state index contributed by atoms with van der Waals surface area (Å²) in [5, 5.41) is 4.04. The Bertz CT molecular complexity index is 850. The normalized spacial score (nSPS) is 18.3. The summed E-state index contributed by atoms with van der Waals surface area (Å²) in [4.78, 5) is 35.3. The van der Waals surface area contributed by atoms with Gasteiger partial charge in [-0.15, -0.1) is 0 Å². The molecule has 1 fully saturated rings. The van der Waals surface area contributed by atoms with E-state index < -0.39 is 0 Å². The number of rotatable bonds is 5. The lowest BCUT2D eigenvalue weighted by atomic mass is 9.77. The van der Waals surface area contributed by atoms with Gasteiger partial charge in [0.25, 0.3) is 5.56 Å². The van der Waals surface area contributed by atoms with E-state index in [2.05, 4.69) is 15.1 Å². The molecule has 1 saturated carbocycles. The lowest BCUT2D eigenvalue weighted by Crippen LogP contribution is -2.48. The van der Waals surface area contributed by atoms with Gasteiger partial charge in [0.2, 0.25) is 5.91 Å². The van der Waals surface area contributed by atoms with Crippen LogP contribution in [0.5, 0.6) is 0 Å². The number of nitrogens with zero attached hydrogens (tertiary/aromatic N) is 6. The number of hydrogen-bond donors (Lipinski definition) is 0. The summed E-state index contributed by atoms with van der Waals surface area (Å²) in [6, 6.07) is 1.52. The average molecular weight is 358 g/mol. The minimum absolute atomic E-state index is 0.0636. The predicted molar refractivity (Wildman–Crippen MR) is 91.2 cm³/mol. The fourth-order valence-electron chi connectivity index (χ4n) is 3.62. The van der Waals surface area contributed by atoms with E-state index in [-0.39, 0.29) is 17.1 Å². The minimum Gasteiger partial charge on any atom is -0.378 e. The zero-order chi connectivity index (χ0) is 18.1. The fraction of sp³-hybridized carbons (Fsp3) is 0.588. The summed E-state index contributed by atoms with van der Waals surface area (Å²) in [5.74, 6) is 0.681. The first-order valence-corrected chi connectivity index (χ1v) is 8.84. The molecule has 0 radical (unpaired) electrons. The van der Waals surface area contributed by atoms with Crippen molar-refractivity contribution in [1.82, 2.24) is 29.2 Å². The monoisotopic (exact) mass is 358 g/mol. The van der Waals surface area contributed by atoms with Crippen LogP contribution < -0.4 is 5.56 Å². The molecule has 0 unspecified atom stereocenters. The molecular formula is C17H22N6O3. The molecule has 0 atom stereocenters. The van der Waals surface area contributed by atoms with Crippen LogP contribution in [0, 0.1) is 0 Å². The molecule has 2 aliphatic rings. The van der Waals surface area contributed by atoms with Crippen molar-refractivity contribution in [2.24, 2.45) is 0 Å². The van der Waals surface area contributed by atoms with Crippen LogP contribution in [0.2, 0.25) is 0 Å². The lowest BCUT2D eigenvalue weighted by Gasteiger charge is -2.41. The predicted octanol–water partition coefficient (Wildman–Crippen LogP) is 0.185. The Kier molecular flexibility index (Phi) is 4.31. The van der Waals surface area contributed by atoms with Crippen LogP contribution in [0.1, 0.15) is 37.2 Å². The summed E-state index contributed by atoms with van der Waals surface area (Å²) < 4.78 is 8.83. The van der Waals surface area contributed by atoms with E-state index in [0.717, 1.165) is 19.3 Å². The molecular weight excluding hydrogens is 336 g/mol. The van der Waals surface area contributed by atoms with Crippen LogP contribution in [0.3, 0.4) is 0 Å². The standard InChI is InChI=1S/C17H22N6O3/c1-26-17(3-2-4-17)8-16(25)21-5-6-23-14(10-21)20-13(7-15(23)24)9-22-12-18-11-19-22/h7,11-12H,2-6,8-10H2,1H3. The van der Waals surface area contributed by atoms with E-state index in [4.69, 9.17) is 4.74 Å². The van der Waals surface area contributed by atoms with E-state index >= 15 is 0 Å². The van der Waals surface area contributed by atoms with Crippen molar-refractivity contribution in [2.75, 3.05) is 13.7 Å². The maximum Gasteiger partial charge on any atom is 0.253 e. The number of amides is 1. The second-order valence-corrected chi connectivity index (χ2v) is 6.98. The van der Waals surface area contributed by atoms with Crippen molar-refractivity contribution in [3.05, 3.63) is 40.6 Å². The minimum atomic E-state index is -0.295. The summed E-state index contributed by atoms with van der Waals surface area (Å²) in [5.41, 5.74) is 0.231. The van der Waals surface area contributed by atoms with Crippen molar-refractivity contribution in [3.8, 4) is 0 Å². The molecule has 138 valence electrons. The molecule has 26 heavy (non-hydrogen) atoms. The van der Waals surface area contributed by atoms with Gasteiger partial charge >= 0.3 is 0 Å². The van der Waals surface area contributed by atoms with Crippen LogP contribution in [0.25, 0.3) is 0 Å². The number of carbonyl (C=O) groups is 1. The molecule has 4 rings (SSSR count). The largest absolute Gasteiger partial charge is 0.378 e. The van der Waals surface area contributed by atoms with Gasteiger partial charge in [0.1, 0.15) is 18.5 Å². The third-order valence-electron chi connectivity index (χ3n) is 5.38. The van der Waals surface area contributed by atoms with Gasteiger partial charge in [0.05, 0.1) is 30.8 Å². The summed E-state index contributed by atoms with van der Waals surface area (Å²) in [6.07, 6.45) is 6.38. The number of carbonyl (C=O) groups excluding carboxylic acids is 1. The van der Waals surface area contributed by atoms with E-state index in [0.29, 0.717) is 44.1 Å². The summed E-state index contributed by atoms with van der Waals surface area (Å²) in [6.45, 7) is 1.72. The number of methoxy groups -OCH3 is 1. The van der Waals surface area contributed by atoms with Gasteiger partial charge in [-0.3, -0.25) is 14.2 Å². The fourth-order valence-corrected chi connectivity index (χ4v) is 3.62. The Hall–Kier alpha value is -2.55. The van der Waals surface area contributed by atoms with E-state index in [1.807, 2.05) is 0 Å². The van der Waals surface area contributed by atoms with Crippen molar-refractivity contribution in [1.29, 1.82) is 0 Å². The molecule has 1 amide bonds. The number of fused-ring (bicyclic) bond motifs is 1. The first-order valence-electron chi connectivity index (χ1n) is 8.84. The Balaban J connectivity index is 1.51. The number of hydrogen-bond acceptors (Lipinski definition) is 6. The third-order valence-corrected chi connectivity index (χ3v) is 5.38. The Morgan fingerprint density at radius 1 is 1.35 bits per heavy atom. The topological polar surface area (TPSA) is 95.1 Å². The zero-order valence-electron chi connectivity index (χ0n) is 14.8. The van der Waals surface area contributed by atoms with Crippen molar-refractivity contribution < 1.29 is 9.53 Å². The smallest absolute Gasteiger partial charge is 0.253 e. The first-order chi connectivity index (χ1) is 12.6. The molecule has 0 bridgehead atoms. The maximum absolute atomic E-state index is 12.7. The molecule has 1 aliphatic heterocycles. The first kappa shape index (κ1) is 16.9. The van der Waals surface area contributed by atoms with Gasteiger partial charge in [0, 0.05) is 26.3 Å². The van der Waals surface area contributed by atoms with Crippen LogP contribution in [-0.4, -0.2) is 54.4 Å². The molecule has 0 spiro atoms. The molecule has 0 saturated heterocycles. The van der Waals surface area contributed by atoms with E-state index in [1.165, 1.54) is 12.4 Å². The second kappa shape index (κ2) is 6.64. The van der Waals surface area contributed by atoms with Gasteiger partial charge in [-0.25, -0.2) is 14.6 Å². The Morgan fingerprint density at radius 3 is 2.85 bits per heavy atom. The molecule has 9 heteroatoms. The quantitative estimate of drug-likeness (QED) is 0.757. The highest BCUT2D eigenvalue weighted by atomic mass is 16.5. The zero-order valence-corrected chi connectivity index (χ0v) is 14.8. The van der Waals surface area contributed by atoms with Crippen LogP contribution in [-0.2, 0) is 29.2 Å². The third kappa shape index (κ3) is 3.14. The van der Waals surface area contributed by atoms with E-state index in [1.54, 1.807) is 27.6 Å². The molecule has 2 aromatic rings. The van der Waals surface area contributed by atoms with Gasteiger partial charge in [-0.2, -0.15) is 5.10 Å². The van der Waals surface area contributed by atoms with Crippen molar-refractivity contribution in [3.63, 3.8) is 0 Å². The van der Waals surface area contributed by atoms with Gasteiger partial charge in [-0.1, -0.05) is 0 Å². The Labute approximate surface area is 150 Å². The van der Waals surface area contributed by atoms with E-state index in [9.17, 15) is 9.59 Å². The highest BCUT2D eigenvalue weighted by molar-refractivity contribution is 5.77. The molecule has 0 aromatic carbocycles. The van der Waals surface area contributed by atoms with Gasteiger partial charge < -0.3 is 9.64 Å².